The molecule has 0 saturated carbocycles. The molecule has 0 spiro atoms. The Morgan fingerprint density at radius 1 is 1.38 bits per heavy atom. The number of esters is 1. The Bertz CT molecular complexity index is 884. The number of carbonyl (C=O) groups is 2. The number of rotatable bonds is 6. The minimum Gasteiger partial charge on any atom is -0.461 e. The van der Waals surface area contributed by atoms with E-state index in [0.717, 1.165) is 20.9 Å². The zero-order valence-corrected chi connectivity index (χ0v) is 14.9. The summed E-state index contributed by atoms with van der Waals surface area (Å²) in [5.41, 5.74) is 2.31. The number of fused-ring (bicyclic) bond motifs is 1. The molecule has 0 aliphatic carbocycles. The Morgan fingerprint density at radius 3 is 2.75 bits per heavy atom. The molecule has 0 unspecified atom stereocenters. The van der Waals surface area contributed by atoms with Gasteiger partial charge in [-0.1, -0.05) is 42.1 Å². The first-order valence-electron chi connectivity index (χ1n) is 7.42. The van der Waals surface area contributed by atoms with E-state index in [2.05, 4.69) is 4.98 Å². The third-order valence-corrected chi connectivity index (χ3v) is 5.62. The van der Waals surface area contributed by atoms with Crippen LogP contribution in [0, 0.1) is 0 Å². The second kappa shape index (κ2) is 7.19. The van der Waals surface area contributed by atoms with Crippen molar-refractivity contribution in [1.29, 1.82) is 0 Å². The van der Waals surface area contributed by atoms with Gasteiger partial charge in [0.2, 0.25) is 0 Å². The quantitative estimate of drug-likeness (QED) is 0.379. The lowest BCUT2D eigenvalue weighted by Gasteiger charge is -2.10. The molecule has 0 N–H and O–H groups in total. The van der Waals surface area contributed by atoms with Crippen molar-refractivity contribution < 1.29 is 14.3 Å². The van der Waals surface area contributed by atoms with Crippen LogP contribution in [0.15, 0.2) is 34.7 Å². The minimum atomic E-state index is -0.494. The van der Waals surface area contributed by atoms with E-state index in [1.165, 1.54) is 23.1 Å². The molecule has 2 aromatic heterocycles. The van der Waals surface area contributed by atoms with Crippen LogP contribution < -0.4 is 0 Å². The third-order valence-electron chi connectivity index (χ3n) is 3.56. The topological polar surface area (TPSA) is 61.2 Å². The van der Waals surface area contributed by atoms with Gasteiger partial charge in [-0.2, -0.15) is 0 Å². The molecule has 0 aliphatic rings. The van der Waals surface area contributed by atoms with Gasteiger partial charge in [0.1, 0.15) is 5.69 Å². The number of thioether (sulfide) groups is 1. The molecule has 0 amide bonds. The number of hydrogen-bond acceptors (Lipinski definition) is 6. The highest BCUT2D eigenvalue weighted by Crippen LogP contribution is 2.34. The van der Waals surface area contributed by atoms with Crippen molar-refractivity contribution in [1.82, 2.24) is 9.55 Å². The molecule has 0 bridgehead atoms. The standard InChI is InChI=1S/C17H16N2O3S2/c1-3-22-16(21)13-12(10-20)14-15(18-17(23-2)24-14)19(13)9-11-7-5-4-6-8-11/h4-8,10H,3,9H2,1-2H3. The molecular weight excluding hydrogens is 344 g/mol. The van der Waals surface area contributed by atoms with E-state index in [1.54, 1.807) is 11.5 Å². The van der Waals surface area contributed by atoms with Crippen LogP contribution in [-0.2, 0) is 11.3 Å². The van der Waals surface area contributed by atoms with Crippen LogP contribution in [0.1, 0.15) is 33.3 Å². The molecule has 0 aliphatic heterocycles. The molecule has 0 fully saturated rings. The SMILES string of the molecule is CCOC(=O)c1c(C=O)c2sc(SC)nc2n1Cc1ccccc1. The largest absolute Gasteiger partial charge is 0.461 e. The normalized spacial score (nSPS) is 10.9. The first-order chi connectivity index (χ1) is 11.7. The minimum absolute atomic E-state index is 0.255. The average Bonchev–Trinajstić information content (AvgIpc) is 3.13. The molecule has 24 heavy (non-hydrogen) atoms. The maximum absolute atomic E-state index is 12.4. The lowest BCUT2D eigenvalue weighted by molar-refractivity contribution is 0.0512. The van der Waals surface area contributed by atoms with Crippen molar-refractivity contribution >= 4 is 45.7 Å². The number of nitrogens with zero attached hydrogens (tertiary/aromatic N) is 2. The molecule has 0 saturated heterocycles. The smallest absolute Gasteiger partial charge is 0.355 e. The highest BCUT2D eigenvalue weighted by Gasteiger charge is 2.26. The molecule has 0 radical (unpaired) electrons. The van der Waals surface area contributed by atoms with Crippen molar-refractivity contribution in [2.45, 2.75) is 17.8 Å². The summed E-state index contributed by atoms with van der Waals surface area (Å²) in [5.74, 6) is -0.494. The van der Waals surface area contributed by atoms with Gasteiger partial charge < -0.3 is 9.30 Å². The lowest BCUT2D eigenvalue weighted by Crippen LogP contribution is -2.15. The molecule has 3 rings (SSSR count). The summed E-state index contributed by atoms with van der Waals surface area (Å²) in [4.78, 5) is 28.7. The van der Waals surface area contributed by atoms with Crippen molar-refractivity contribution in [3.05, 3.63) is 47.2 Å². The van der Waals surface area contributed by atoms with Crippen LogP contribution in [0.25, 0.3) is 10.3 Å². The van der Waals surface area contributed by atoms with Crippen molar-refractivity contribution in [3.8, 4) is 0 Å². The zero-order valence-electron chi connectivity index (χ0n) is 13.3. The van der Waals surface area contributed by atoms with Crippen molar-refractivity contribution in [2.24, 2.45) is 0 Å². The fourth-order valence-corrected chi connectivity index (χ4v) is 4.12. The van der Waals surface area contributed by atoms with E-state index in [0.29, 0.717) is 17.8 Å². The van der Waals surface area contributed by atoms with Gasteiger partial charge in [-0.05, 0) is 18.7 Å². The van der Waals surface area contributed by atoms with Crippen LogP contribution in [0.2, 0.25) is 0 Å². The zero-order chi connectivity index (χ0) is 17.1. The summed E-state index contributed by atoms with van der Waals surface area (Å²) in [7, 11) is 0. The van der Waals surface area contributed by atoms with Crippen LogP contribution in [0.4, 0.5) is 0 Å². The summed E-state index contributed by atoms with van der Waals surface area (Å²) in [6, 6.07) is 9.77. The molecule has 5 nitrogen and oxygen atoms in total. The average molecular weight is 360 g/mol. The van der Waals surface area contributed by atoms with Crippen LogP contribution in [-0.4, -0.2) is 34.7 Å². The first-order valence-corrected chi connectivity index (χ1v) is 9.47. The van der Waals surface area contributed by atoms with Gasteiger partial charge in [0.25, 0.3) is 0 Å². The predicted octanol–water partition coefficient (Wildman–Crippen LogP) is 3.86. The van der Waals surface area contributed by atoms with Crippen LogP contribution in [0.3, 0.4) is 0 Å². The van der Waals surface area contributed by atoms with Gasteiger partial charge in [-0.3, -0.25) is 4.79 Å². The van der Waals surface area contributed by atoms with Gasteiger partial charge in [0.05, 0.1) is 16.9 Å². The molecule has 7 heteroatoms. The molecular formula is C17H16N2O3S2. The van der Waals surface area contributed by atoms with Crippen LogP contribution >= 0.6 is 23.1 Å². The van der Waals surface area contributed by atoms with Crippen molar-refractivity contribution in [3.63, 3.8) is 0 Å². The molecule has 124 valence electrons. The highest BCUT2D eigenvalue weighted by molar-refractivity contribution is 8.00. The fraction of sp³-hybridized carbons (Fsp3) is 0.235. The summed E-state index contributed by atoms with van der Waals surface area (Å²) >= 11 is 2.94. The van der Waals surface area contributed by atoms with Crippen LogP contribution in [0.5, 0.6) is 0 Å². The second-order valence-electron chi connectivity index (χ2n) is 5.01. The summed E-state index contributed by atoms with van der Waals surface area (Å²) < 4.78 is 8.53. The van der Waals surface area contributed by atoms with E-state index in [1.807, 2.05) is 36.6 Å². The van der Waals surface area contributed by atoms with Crippen molar-refractivity contribution in [2.75, 3.05) is 12.9 Å². The molecule has 0 atom stereocenters. The fourth-order valence-electron chi connectivity index (χ4n) is 2.55. The summed E-state index contributed by atoms with van der Waals surface area (Å²) in [5, 5.41) is 0. The van der Waals surface area contributed by atoms with Gasteiger partial charge in [-0.15, -0.1) is 11.3 Å². The van der Waals surface area contributed by atoms with E-state index in [-0.39, 0.29) is 12.3 Å². The maximum Gasteiger partial charge on any atom is 0.355 e. The van der Waals surface area contributed by atoms with E-state index < -0.39 is 5.97 Å². The Kier molecular flexibility index (Phi) is 5.01. The second-order valence-corrected chi connectivity index (χ2v) is 7.06. The molecule has 1 aromatic carbocycles. The van der Waals surface area contributed by atoms with Gasteiger partial charge in [0, 0.05) is 6.54 Å². The number of thiazole rings is 1. The maximum atomic E-state index is 12.4. The first kappa shape index (κ1) is 16.7. The molecule has 3 aromatic rings. The summed E-state index contributed by atoms with van der Waals surface area (Å²) in [6.45, 7) is 2.46. The Balaban J connectivity index is 2.21. The summed E-state index contributed by atoms with van der Waals surface area (Å²) in [6.07, 6.45) is 2.66. The number of hydrogen-bond donors (Lipinski definition) is 0. The number of carbonyl (C=O) groups excluding carboxylic acids is 2. The number of benzene rings is 1. The van der Waals surface area contributed by atoms with Gasteiger partial charge in [0.15, 0.2) is 16.3 Å². The van der Waals surface area contributed by atoms with E-state index in [9.17, 15) is 9.59 Å². The monoisotopic (exact) mass is 360 g/mol. The Morgan fingerprint density at radius 2 is 2.12 bits per heavy atom. The Hall–Kier alpha value is -2.12. The van der Waals surface area contributed by atoms with Gasteiger partial charge >= 0.3 is 5.97 Å². The number of ether oxygens (including phenoxy) is 1. The van der Waals surface area contributed by atoms with E-state index >= 15 is 0 Å². The number of aldehydes is 1. The highest BCUT2D eigenvalue weighted by atomic mass is 32.2. The third kappa shape index (κ3) is 2.97. The van der Waals surface area contributed by atoms with Gasteiger partial charge in [-0.25, -0.2) is 9.78 Å². The lowest BCUT2D eigenvalue weighted by atomic mass is 10.2. The predicted molar refractivity (Wildman–Crippen MR) is 96.3 cm³/mol. The Labute approximate surface area is 147 Å². The molecule has 2 heterocycles. The number of aromatic nitrogens is 2. The van der Waals surface area contributed by atoms with E-state index in [4.69, 9.17) is 4.74 Å².